The van der Waals surface area contributed by atoms with Gasteiger partial charge in [-0.3, -0.25) is 0 Å². The Morgan fingerprint density at radius 3 is 2.00 bits per heavy atom. The van der Waals surface area contributed by atoms with E-state index in [0.29, 0.717) is 6.61 Å². The Labute approximate surface area is 149 Å². The molecule has 3 rings (SSSR count). The molecule has 0 atom stereocenters. The molecule has 2 aromatic carbocycles. The van der Waals surface area contributed by atoms with Crippen molar-refractivity contribution in [2.45, 2.75) is 6.61 Å². The molecule has 0 saturated heterocycles. The molecule has 3 aromatic rings. The van der Waals surface area contributed by atoms with E-state index in [1.54, 1.807) is 0 Å². The Hall–Kier alpha value is -2.58. The summed E-state index contributed by atoms with van der Waals surface area (Å²) in [6.45, 7) is 0.594. The van der Waals surface area contributed by atoms with E-state index in [9.17, 15) is 0 Å². The summed E-state index contributed by atoms with van der Waals surface area (Å²) in [6.07, 6.45) is 8.30. The molecule has 2 nitrogen and oxygen atoms in total. The van der Waals surface area contributed by atoms with Crippen LogP contribution in [0.4, 0.5) is 0 Å². The number of nitrogens with zero attached hydrogens (tertiary/aromatic N) is 1. The topological polar surface area (TPSA) is 13.1 Å². The molecule has 0 fully saturated rings. The zero-order valence-electron chi connectivity index (χ0n) is 13.6. The number of benzene rings is 2. The van der Waals surface area contributed by atoms with Crippen molar-refractivity contribution >= 4 is 12.2 Å². The van der Waals surface area contributed by atoms with E-state index in [0.717, 1.165) is 11.3 Å². The second-order valence-corrected chi connectivity index (χ2v) is 5.47. The Morgan fingerprint density at radius 2 is 1.38 bits per heavy atom. The van der Waals surface area contributed by atoms with E-state index in [4.69, 9.17) is 4.74 Å². The van der Waals surface area contributed by atoms with Gasteiger partial charge in [0.1, 0.15) is 19.4 Å². The lowest BCUT2D eigenvalue weighted by atomic mass is 10.1. The smallest absolute Gasteiger partial charge is 0.169 e. The molecule has 0 unspecified atom stereocenters. The molecule has 0 bridgehead atoms. The van der Waals surface area contributed by atoms with Crippen LogP contribution in [-0.4, -0.2) is 0 Å². The van der Waals surface area contributed by atoms with Gasteiger partial charge in [0.2, 0.25) is 0 Å². The van der Waals surface area contributed by atoms with E-state index >= 15 is 0 Å². The van der Waals surface area contributed by atoms with Crippen molar-refractivity contribution in [1.82, 2.24) is 0 Å². The van der Waals surface area contributed by atoms with Gasteiger partial charge in [-0.15, -0.1) is 0 Å². The van der Waals surface area contributed by atoms with Gasteiger partial charge >= 0.3 is 0 Å². The van der Waals surface area contributed by atoms with Gasteiger partial charge in [-0.25, -0.2) is 4.57 Å². The molecule has 0 aliphatic rings. The van der Waals surface area contributed by atoms with Crippen molar-refractivity contribution in [2.75, 3.05) is 0 Å². The summed E-state index contributed by atoms with van der Waals surface area (Å²) in [6, 6.07) is 22.5. The predicted octanol–water partition coefficient (Wildman–Crippen LogP) is 1.26. The van der Waals surface area contributed by atoms with E-state index in [1.165, 1.54) is 11.1 Å². The monoisotopic (exact) mass is 337 g/mol. The summed E-state index contributed by atoms with van der Waals surface area (Å²) < 4.78 is 7.82. The van der Waals surface area contributed by atoms with Gasteiger partial charge in [0.15, 0.2) is 12.4 Å². The molecule has 0 amide bonds. The average molecular weight is 338 g/mol. The van der Waals surface area contributed by atoms with Gasteiger partial charge in [-0.1, -0.05) is 54.6 Å². The maximum atomic E-state index is 5.80. The molecule has 0 N–H and O–H groups in total. The SMILES string of the molecule is C[n+]1ccc(/C=C/c2ccc(OCc3ccccc3)cc2)cc1.[Cl-]. The summed E-state index contributed by atoms with van der Waals surface area (Å²) in [7, 11) is 2.02. The number of hydrogen-bond acceptors (Lipinski definition) is 1. The Balaban J connectivity index is 0.00000208. The van der Waals surface area contributed by atoms with Crippen molar-refractivity contribution in [3.05, 3.63) is 95.8 Å². The summed E-state index contributed by atoms with van der Waals surface area (Å²) in [4.78, 5) is 0. The first-order valence-corrected chi connectivity index (χ1v) is 7.70. The summed E-state index contributed by atoms with van der Waals surface area (Å²) in [5, 5.41) is 0. The fraction of sp³-hybridized carbons (Fsp3) is 0.0952. The molecule has 3 heteroatoms. The van der Waals surface area contributed by atoms with Gasteiger partial charge < -0.3 is 17.1 Å². The first kappa shape index (κ1) is 17.8. The van der Waals surface area contributed by atoms with Crippen LogP contribution in [0.3, 0.4) is 0 Å². The Kier molecular flexibility index (Phi) is 6.59. The Bertz CT molecular complexity index is 765. The Morgan fingerprint density at radius 1 is 0.792 bits per heavy atom. The van der Waals surface area contributed by atoms with E-state index in [-0.39, 0.29) is 12.4 Å². The number of aryl methyl sites for hydroxylation is 1. The molecular formula is C21H20ClNO. The highest BCUT2D eigenvalue weighted by atomic mass is 35.5. The van der Waals surface area contributed by atoms with Crippen molar-refractivity contribution in [3.8, 4) is 5.75 Å². The fourth-order valence-electron chi connectivity index (χ4n) is 2.23. The van der Waals surface area contributed by atoms with Gasteiger partial charge in [0.05, 0.1) is 0 Å². The van der Waals surface area contributed by atoms with Gasteiger partial charge in [-0.05, 0) is 28.8 Å². The standard InChI is InChI=1S/C21H20NO.ClH/c1-22-15-13-19(14-16-22)8-7-18-9-11-21(12-10-18)23-17-20-5-3-2-4-6-20;/h2-16H,17H2,1H3;1H/q+1;/p-1/b8-7+;. The van der Waals surface area contributed by atoms with Crippen molar-refractivity contribution in [2.24, 2.45) is 7.05 Å². The van der Waals surface area contributed by atoms with Crippen molar-refractivity contribution < 1.29 is 21.7 Å². The fourth-order valence-corrected chi connectivity index (χ4v) is 2.23. The second-order valence-electron chi connectivity index (χ2n) is 5.47. The van der Waals surface area contributed by atoms with Crippen LogP contribution >= 0.6 is 0 Å². The minimum atomic E-state index is 0. The third kappa shape index (κ3) is 5.25. The van der Waals surface area contributed by atoms with Crippen LogP contribution in [0, 0.1) is 0 Å². The molecule has 0 aliphatic heterocycles. The minimum Gasteiger partial charge on any atom is -1.00 e. The highest BCUT2D eigenvalue weighted by Crippen LogP contribution is 2.16. The van der Waals surface area contributed by atoms with Gasteiger partial charge in [0, 0.05) is 12.1 Å². The van der Waals surface area contributed by atoms with Crippen LogP contribution in [0.2, 0.25) is 0 Å². The molecule has 1 heterocycles. The highest BCUT2D eigenvalue weighted by molar-refractivity contribution is 5.69. The van der Waals surface area contributed by atoms with Crippen LogP contribution in [0.1, 0.15) is 16.7 Å². The van der Waals surface area contributed by atoms with Crippen LogP contribution in [0.25, 0.3) is 12.2 Å². The number of aromatic nitrogens is 1. The van der Waals surface area contributed by atoms with Crippen molar-refractivity contribution in [3.63, 3.8) is 0 Å². The van der Waals surface area contributed by atoms with E-state index < -0.39 is 0 Å². The first-order valence-electron chi connectivity index (χ1n) is 7.70. The third-order valence-electron chi connectivity index (χ3n) is 3.60. The number of ether oxygens (including phenoxy) is 1. The number of halogens is 1. The molecule has 24 heavy (non-hydrogen) atoms. The number of hydrogen-bond donors (Lipinski definition) is 0. The molecule has 1 aromatic heterocycles. The quantitative estimate of drug-likeness (QED) is 0.639. The second kappa shape index (κ2) is 8.90. The number of pyridine rings is 1. The lowest BCUT2D eigenvalue weighted by Crippen LogP contribution is -3.00. The molecule has 0 saturated carbocycles. The molecular weight excluding hydrogens is 318 g/mol. The first-order chi connectivity index (χ1) is 11.3. The zero-order valence-corrected chi connectivity index (χ0v) is 14.4. The summed E-state index contributed by atoms with van der Waals surface area (Å²) in [5.41, 5.74) is 3.52. The largest absolute Gasteiger partial charge is 1.00 e. The molecule has 0 aliphatic carbocycles. The normalized spacial score (nSPS) is 10.4. The predicted molar refractivity (Wildman–Crippen MR) is 93.8 cm³/mol. The lowest BCUT2D eigenvalue weighted by Gasteiger charge is -2.06. The maximum absolute atomic E-state index is 5.80. The number of rotatable bonds is 5. The maximum Gasteiger partial charge on any atom is 0.169 e. The zero-order chi connectivity index (χ0) is 15.9. The summed E-state index contributed by atoms with van der Waals surface area (Å²) in [5.74, 6) is 0.887. The molecule has 0 spiro atoms. The third-order valence-corrected chi connectivity index (χ3v) is 3.60. The van der Waals surface area contributed by atoms with Gasteiger partial charge in [0.25, 0.3) is 0 Å². The average Bonchev–Trinajstić information content (AvgIpc) is 2.61. The van der Waals surface area contributed by atoms with E-state index in [2.05, 4.69) is 48.6 Å². The minimum absolute atomic E-state index is 0. The van der Waals surface area contributed by atoms with Crippen LogP contribution in [0.5, 0.6) is 5.75 Å². The summed E-state index contributed by atoms with van der Waals surface area (Å²) >= 11 is 0. The van der Waals surface area contributed by atoms with E-state index in [1.807, 2.05) is 54.3 Å². The van der Waals surface area contributed by atoms with Crippen LogP contribution < -0.4 is 21.7 Å². The highest BCUT2D eigenvalue weighted by Gasteiger charge is 1.96. The lowest BCUT2D eigenvalue weighted by molar-refractivity contribution is -0.671. The molecule has 122 valence electrons. The van der Waals surface area contributed by atoms with Gasteiger partial charge in [-0.2, -0.15) is 0 Å². The molecule has 0 radical (unpaired) electrons. The van der Waals surface area contributed by atoms with Crippen LogP contribution in [0.15, 0.2) is 79.1 Å². The van der Waals surface area contributed by atoms with Crippen LogP contribution in [-0.2, 0) is 13.7 Å². The van der Waals surface area contributed by atoms with Crippen molar-refractivity contribution in [1.29, 1.82) is 0 Å².